The van der Waals surface area contributed by atoms with E-state index in [1.807, 2.05) is 0 Å². The van der Waals surface area contributed by atoms with Gasteiger partial charge in [0.2, 0.25) is 0 Å². The van der Waals surface area contributed by atoms with Crippen LogP contribution < -0.4 is 5.32 Å². The molecule has 0 saturated heterocycles. The van der Waals surface area contributed by atoms with E-state index in [4.69, 9.17) is 4.74 Å². The van der Waals surface area contributed by atoms with Crippen LogP contribution in [0.1, 0.15) is 24.3 Å². The lowest BCUT2D eigenvalue weighted by Gasteiger charge is -2.07. The van der Waals surface area contributed by atoms with Crippen molar-refractivity contribution in [3.63, 3.8) is 0 Å². The number of hydrogen-bond donors (Lipinski definition) is 1. The Bertz CT molecular complexity index is 292. The van der Waals surface area contributed by atoms with E-state index in [2.05, 4.69) is 48.1 Å². The first-order valence-electron chi connectivity index (χ1n) is 5.65. The average molecular weight is 306 g/mol. The lowest BCUT2D eigenvalue weighted by Crippen LogP contribution is -2.26. The minimum atomic E-state index is 0.541. The molecule has 0 atom stereocenters. The van der Waals surface area contributed by atoms with Gasteiger partial charge in [0.15, 0.2) is 0 Å². The van der Waals surface area contributed by atoms with Gasteiger partial charge in [-0.1, -0.05) is 13.8 Å². The van der Waals surface area contributed by atoms with Gasteiger partial charge in [-0.15, -0.1) is 11.3 Å². The van der Waals surface area contributed by atoms with Crippen LogP contribution in [0.25, 0.3) is 0 Å². The molecule has 4 heteroatoms. The molecule has 0 bridgehead atoms. The van der Waals surface area contributed by atoms with Gasteiger partial charge < -0.3 is 10.1 Å². The molecular weight excluding hydrogens is 286 g/mol. The van der Waals surface area contributed by atoms with Crippen LogP contribution in [0.15, 0.2) is 9.85 Å². The van der Waals surface area contributed by atoms with E-state index in [0.29, 0.717) is 6.04 Å². The van der Waals surface area contributed by atoms with Crippen LogP contribution in [0.5, 0.6) is 0 Å². The quantitative estimate of drug-likeness (QED) is 0.780. The van der Waals surface area contributed by atoms with Crippen LogP contribution in [-0.2, 0) is 11.2 Å². The standard InChI is InChI=1S/C12H20BrNOS/c1-9(2)14-5-7-15-6-4-11-8-10(3)12(13)16-11/h8-9,14H,4-7H2,1-3H3. The van der Waals surface area contributed by atoms with Gasteiger partial charge in [-0.3, -0.25) is 0 Å². The third kappa shape index (κ3) is 5.43. The monoisotopic (exact) mass is 305 g/mol. The molecule has 0 aliphatic rings. The fourth-order valence-corrected chi connectivity index (χ4v) is 2.95. The molecule has 0 radical (unpaired) electrons. The van der Waals surface area contributed by atoms with E-state index in [9.17, 15) is 0 Å². The Morgan fingerprint density at radius 2 is 2.19 bits per heavy atom. The smallest absolute Gasteiger partial charge is 0.0730 e. The van der Waals surface area contributed by atoms with Crippen LogP contribution in [0.4, 0.5) is 0 Å². The summed E-state index contributed by atoms with van der Waals surface area (Å²) >= 11 is 5.34. The van der Waals surface area contributed by atoms with Crippen LogP contribution in [0, 0.1) is 6.92 Å². The highest BCUT2D eigenvalue weighted by molar-refractivity contribution is 9.11. The summed E-state index contributed by atoms with van der Waals surface area (Å²) in [4.78, 5) is 1.39. The van der Waals surface area contributed by atoms with Crippen molar-refractivity contribution in [3.05, 3.63) is 20.3 Å². The van der Waals surface area contributed by atoms with Crippen molar-refractivity contribution >= 4 is 27.3 Å². The molecule has 0 saturated carbocycles. The van der Waals surface area contributed by atoms with E-state index >= 15 is 0 Å². The minimum Gasteiger partial charge on any atom is -0.380 e. The summed E-state index contributed by atoms with van der Waals surface area (Å²) in [7, 11) is 0. The Hall–Kier alpha value is 0.100. The summed E-state index contributed by atoms with van der Waals surface area (Å²) in [6.07, 6.45) is 1.01. The van der Waals surface area contributed by atoms with Crippen molar-refractivity contribution in [1.29, 1.82) is 0 Å². The van der Waals surface area contributed by atoms with Crippen molar-refractivity contribution in [2.75, 3.05) is 19.8 Å². The van der Waals surface area contributed by atoms with Gasteiger partial charge in [0, 0.05) is 23.9 Å². The summed E-state index contributed by atoms with van der Waals surface area (Å²) in [5.41, 5.74) is 1.32. The van der Waals surface area contributed by atoms with E-state index in [-0.39, 0.29) is 0 Å². The molecule has 2 nitrogen and oxygen atoms in total. The summed E-state index contributed by atoms with van der Waals surface area (Å²) in [6, 6.07) is 2.77. The highest BCUT2D eigenvalue weighted by atomic mass is 79.9. The summed E-state index contributed by atoms with van der Waals surface area (Å²) < 4.78 is 6.81. The van der Waals surface area contributed by atoms with Crippen LogP contribution in [0.2, 0.25) is 0 Å². The second-order valence-electron chi connectivity index (χ2n) is 4.14. The molecule has 1 aromatic rings. The number of nitrogens with one attached hydrogen (secondary N) is 1. The van der Waals surface area contributed by atoms with Gasteiger partial charge in [0.25, 0.3) is 0 Å². The van der Waals surface area contributed by atoms with Crippen LogP contribution >= 0.6 is 27.3 Å². The molecule has 16 heavy (non-hydrogen) atoms. The first kappa shape index (κ1) is 14.2. The first-order valence-corrected chi connectivity index (χ1v) is 7.26. The normalized spacial score (nSPS) is 11.3. The van der Waals surface area contributed by atoms with Crippen molar-refractivity contribution in [1.82, 2.24) is 5.32 Å². The van der Waals surface area contributed by atoms with Crippen molar-refractivity contribution < 1.29 is 4.74 Å². The molecule has 0 aromatic carbocycles. The fraction of sp³-hybridized carbons (Fsp3) is 0.667. The number of halogens is 1. The molecule has 0 fully saturated rings. The maximum atomic E-state index is 5.57. The minimum absolute atomic E-state index is 0.541. The number of thiophene rings is 1. The zero-order chi connectivity index (χ0) is 12.0. The molecule has 1 aromatic heterocycles. The molecule has 0 amide bonds. The topological polar surface area (TPSA) is 21.3 Å². The zero-order valence-corrected chi connectivity index (χ0v) is 12.6. The molecule has 92 valence electrons. The summed E-state index contributed by atoms with van der Waals surface area (Å²) in [6.45, 7) is 8.95. The molecule has 1 rings (SSSR count). The fourth-order valence-electron chi connectivity index (χ4n) is 1.34. The second kappa shape index (κ2) is 7.43. The molecule has 1 N–H and O–H groups in total. The Morgan fingerprint density at radius 3 is 2.75 bits per heavy atom. The number of aryl methyl sites for hydroxylation is 1. The molecule has 0 aliphatic heterocycles. The summed E-state index contributed by atoms with van der Waals surface area (Å²) in [5, 5.41) is 3.33. The number of rotatable bonds is 7. The SMILES string of the molecule is Cc1cc(CCOCCNC(C)C)sc1Br. The molecule has 1 heterocycles. The maximum Gasteiger partial charge on any atom is 0.0730 e. The second-order valence-corrected chi connectivity index (χ2v) is 6.60. The van der Waals surface area contributed by atoms with Crippen molar-refractivity contribution in [2.45, 2.75) is 33.2 Å². The van der Waals surface area contributed by atoms with E-state index in [1.165, 1.54) is 14.2 Å². The lowest BCUT2D eigenvalue weighted by atomic mass is 10.3. The number of hydrogen-bond acceptors (Lipinski definition) is 3. The van der Waals surface area contributed by atoms with Crippen molar-refractivity contribution in [2.24, 2.45) is 0 Å². The van der Waals surface area contributed by atoms with Crippen molar-refractivity contribution in [3.8, 4) is 0 Å². The molecule has 0 unspecified atom stereocenters. The van der Waals surface area contributed by atoms with E-state index in [0.717, 1.165) is 26.2 Å². The highest BCUT2D eigenvalue weighted by Gasteiger charge is 2.02. The first-order chi connectivity index (χ1) is 7.59. The van der Waals surface area contributed by atoms with Crippen LogP contribution in [0.3, 0.4) is 0 Å². The van der Waals surface area contributed by atoms with Gasteiger partial charge in [-0.25, -0.2) is 0 Å². The molecule has 0 aliphatic carbocycles. The Balaban J connectivity index is 2.07. The molecule has 0 spiro atoms. The lowest BCUT2D eigenvalue weighted by molar-refractivity contribution is 0.138. The van der Waals surface area contributed by atoms with Gasteiger partial charge in [0.05, 0.1) is 17.0 Å². The predicted octanol–water partition coefficient (Wildman–Crippen LogP) is 3.38. The van der Waals surface area contributed by atoms with Gasteiger partial charge in [-0.2, -0.15) is 0 Å². The average Bonchev–Trinajstić information content (AvgIpc) is 2.52. The predicted molar refractivity (Wildman–Crippen MR) is 74.4 cm³/mol. The zero-order valence-electron chi connectivity index (χ0n) is 10.2. The Kier molecular flexibility index (Phi) is 6.58. The van der Waals surface area contributed by atoms with Gasteiger partial charge in [0.1, 0.15) is 0 Å². The third-order valence-corrected chi connectivity index (χ3v) is 4.40. The summed E-state index contributed by atoms with van der Waals surface area (Å²) in [5.74, 6) is 0. The largest absolute Gasteiger partial charge is 0.380 e. The highest BCUT2D eigenvalue weighted by Crippen LogP contribution is 2.27. The van der Waals surface area contributed by atoms with E-state index in [1.54, 1.807) is 11.3 Å². The van der Waals surface area contributed by atoms with Crippen LogP contribution in [-0.4, -0.2) is 25.8 Å². The maximum absolute atomic E-state index is 5.57. The molecular formula is C12H20BrNOS. The van der Waals surface area contributed by atoms with Gasteiger partial charge >= 0.3 is 0 Å². The Morgan fingerprint density at radius 1 is 1.44 bits per heavy atom. The van der Waals surface area contributed by atoms with E-state index < -0.39 is 0 Å². The number of ether oxygens (including phenoxy) is 1. The van der Waals surface area contributed by atoms with Gasteiger partial charge in [-0.05, 0) is 34.5 Å². The Labute approximate surface area is 111 Å². The third-order valence-electron chi connectivity index (χ3n) is 2.20.